The van der Waals surface area contributed by atoms with Gasteiger partial charge >= 0.3 is 0 Å². The van der Waals surface area contributed by atoms with Gasteiger partial charge < -0.3 is 9.72 Å². The molecule has 1 aliphatic heterocycles. The number of hydrogen-bond acceptors (Lipinski definition) is 3. The van der Waals surface area contributed by atoms with E-state index < -0.39 is 0 Å². The highest BCUT2D eigenvalue weighted by atomic mass is 16.5. The highest BCUT2D eigenvalue weighted by Gasteiger charge is 2.16. The summed E-state index contributed by atoms with van der Waals surface area (Å²) in [5, 5.41) is 0. The second-order valence-corrected chi connectivity index (χ2v) is 5.02. The van der Waals surface area contributed by atoms with Gasteiger partial charge in [0.25, 0.3) is 5.56 Å². The molecule has 2 aromatic rings. The largest absolute Gasteiger partial charge is 0.376 e. The molecule has 98 valence electrons. The zero-order valence-electron chi connectivity index (χ0n) is 11.1. The predicted octanol–water partition coefficient (Wildman–Crippen LogP) is 2.13. The SMILES string of the molecule is Cc1cc(C)cc(-c2nc3c(c(=O)[nH]2)COCC3)c1. The molecule has 0 amide bonds. The Morgan fingerprint density at radius 1 is 1.21 bits per heavy atom. The monoisotopic (exact) mass is 256 g/mol. The number of nitrogens with zero attached hydrogens (tertiary/aromatic N) is 1. The average Bonchev–Trinajstić information content (AvgIpc) is 2.37. The number of aryl methyl sites for hydroxylation is 2. The normalized spacial score (nSPS) is 14.2. The summed E-state index contributed by atoms with van der Waals surface area (Å²) in [6.07, 6.45) is 0.705. The van der Waals surface area contributed by atoms with Crippen molar-refractivity contribution in [1.29, 1.82) is 0 Å². The quantitative estimate of drug-likeness (QED) is 0.850. The third-order valence-corrected chi connectivity index (χ3v) is 3.33. The Labute approximate surface area is 111 Å². The number of fused-ring (bicyclic) bond motifs is 1. The van der Waals surface area contributed by atoms with Gasteiger partial charge in [0.15, 0.2) is 0 Å². The summed E-state index contributed by atoms with van der Waals surface area (Å²) in [5.74, 6) is 0.650. The zero-order valence-corrected chi connectivity index (χ0v) is 11.1. The van der Waals surface area contributed by atoms with E-state index in [0.717, 1.165) is 11.3 Å². The molecular formula is C15H16N2O2. The van der Waals surface area contributed by atoms with E-state index in [0.29, 0.717) is 31.0 Å². The standard InChI is InChI=1S/C15H16N2O2/c1-9-5-10(2)7-11(6-9)14-16-13-3-4-19-8-12(13)15(18)17-14/h5-7H,3-4,8H2,1-2H3,(H,16,17,18). The number of ether oxygens (including phenoxy) is 1. The number of benzene rings is 1. The molecule has 0 saturated heterocycles. The Hall–Kier alpha value is -1.94. The summed E-state index contributed by atoms with van der Waals surface area (Å²) in [6, 6.07) is 6.18. The van der Waals surface area contributed by atoms with E-state index in [1.807, 2.05) is 26.0 Å². The minimum atomic E-state index is -0.0844. The van der Waals surface area contributed by atoms with Crippen LogP contribution < -0.4 is 5.56 Å². The number of aromatic amines is 1. The molecule has 0 aliphatic carbocycles. The molecule has 1 aliphatic rings. The van der Waals surface area contributed by atoms with Crippen LogP contribution in [0.3, 0.4) is 0 Å². The summed E-state index contributed by atoms with van der Waals surface area (Å²) in [6.45, 7) is 5.09. The van der Waals surface area contributed by atoms with Crippen LogP contribution in [0.15, 0.2) is 23.0 Å². The van der Waals surface area contributed by atoms with Crippen LogP contribution in [0.1, 0.15) is 22.4 Å². The number of hydrogen-bond donors (Lipinski definition) is 1. The summed E-state index contributed by atoms with van der Waals surface area (Å²) in [5.41, 5.74) is 4.74. The molecule has 0 unspecified atom stereocenters. The molecule has 19 heavy (non-hydrogen) atoms. The smallest absolute Gasteiger partial charge is 0.256 e. The molecular weight excluding hydrogens is 240 g/mol. The second kappa shape index (κ2) is 4.63. The van der Waals surface area contributed by atoms with Crippen molar-refractivity contribution >= 4 is 0 Å². The lowest BCUT2D eigenvalue weighted by molar-refractivity contribution is 0.108. The molecule has 0 radical (unpaired) electrons. The molecule has 0 saturated carbocycles. The molecule has 1 aromatic carbocycles. The summed E-state index contributed by atoms with van der Waals surface area (Å²) in [4.78, 5) is 19.5. The number of aromatic nitrogens is 2. The Bertz CT molecular complexity index is 669. The van der Waals surface area contributed by atoms with E-state index in [2.05, 4.69) is 16.0 Å². The zero-order chi connectivity index (χ0) is 13.4. The van der Waals surface area contributed by atoms with Gasteiger partial charge in [-0.05, 0) is 26.0 Å². The highest BCUT2D eigenvalue weighted by Crippen LogP contribution is 2.20. The van der Waals surface area contributed by atoms with Crippen molar-refractivity contribution in [1.82, 2.24) is 9.97 Å². The van der Waals surface area contributed by atoms with Crippen LogP contribution in [0.5, 0.6) is 0 Å². The van der Waals surface area contributed by atoms with E-state index in [9.17, 15) is 4.79 Å². The molecule has 0 spiro atoms. The van der Waals surface area contributed by atoms with Crippen LogP contribution in [-0.2, 0) is 17.8 Å². The Balaban J connectivity index is 2.15. The van der Waals surface area contributed by atoms with Crippen molar-refractivity contribution in [3.05, 3.63) is 50.9 Å². The first-order chi connectivity index (χ1) is 9.13. The lowest BCUT2D eigenvalue weighted by Crippen LogP contribution is -2.24. The van der Waals surface area contributed by atoms with E-state index in [4.69, 9.17) is 4.74 Å². The molecule has 1 aromatic heterocycles. The van der Waals surface area contributed by atoms with Crippen LogP contribution in [0.4, 0.5) is 0 Å². The van der Waals surface area contributed by atoms with Crippen molar-refractivity contribution in [2.75, 3.05) is 6.61 Å². The van der Waals surface area contributed by atoms with Gasteiger partial charge in [0, 0.05) is 12.0 Å². The van der Waals surface area contributed by atoms with Gasteiger partial charge in [-0.2, -0.15) is 0 Å². The molecule has 1 N–H and O–H groups in total. The van der Waals surface area contributed by atoms with Gasteiger partial charge in [-0.25, -0.2) is 4.98 Å². The minimum absolute atomic E-state index is 0.0844. The topological polar surface area (TPSA) is 55.0 Å². The molecule has 0 fully saturated rings. The maximum Gasteiger partial charge on any atom is 0.256 e. The third kappa shape index (κ3) is 2.31. The lowest BCUT2D eigenvalue weighted by atomic mass is 10.1. The van der Waals surface area contributed by atoms with E-state index in [-0.39, 0.29) is 5.56 Å². The molecule has 2 heterocycles. The Morgan fingerprint density at radius 2 is 1.95 bits per heavy atom. The van der Waals surface area contributed by atoms with Crippen LogP contribution in [0.25, 0.3) is 11.4 Å². The van der Waals surface area contributed by atoms with Crippen molar-refractivity contribution in [3.8, 4) is 11.4 Å². The number of rotatable bonds is 1. The van der Waals surface area contributed by atoms with Crippen LogP contribution in [-0.4, -0.2) is 16.6 Å². The van der Waals surface area contributed by atoms with Crippen molar-refractivity contribution in [3.63, 3.8) is 0 Å². The maximum absolute atomic E-state index is 12.1. The van der Waals surface area contributed by atoms with E-state index >= 15 is 0 Å². The summed E-state index contributed by atoms with van der Waals surface area (Å²) >= 11 is 0. The Morgan fingerprint density at radius 3 is 2.68 bits per heavy atom. The fraction of sp³-hybridized carbons (Fsp3) is 0.333. The Kier molecular flexibility index (Phi) is 2.95. The molecule has 4 heteroatoms. The van der Waals surface area contributed by atoms with Crippen molar-refractivity contribution in [2.45, 2.75) is 26.9 Å². The van der Waals surface area contributed by atoms with Crippen molar-refractivity contribution in [2.24, 2.45) is 0 Å². The third-order valence-electron chi connectivity index (χ3n) is 3.33. The first-order valence-corrected chi connectivity index (χ1v) is 6.42. The average molecular weight is 256 g/mol. The van der Waals surface area contributed by atoms with Crippen LogP contribution in [0, 0.1) is 13.8 Å². The van der Waals surface area contributed by atoms with Gasteiger partial charge in [0.1, 0.15) is 5.82 Å². The first kappa shape index (κ1) is 12.1. The van der Waals surface area contributed by atoms with Gasteiger partial charge in [-0.3, -0.25) is 4.79 Å². The highest BCUT2D eigenvalue weighted by molar-refractivity contribution is 5.57. The second-order valence-electron chi connectivity index (χ2n) is 5.02. The van der Waals surface area contributed by atoms with Gasteiger partial charge in [0.05, 0.1) is 24.5 Å². The first-order valence-electron chi connectivity index (χ1n) is 6.42. The fourth-order valence-corrected chi connectivity index (χ4v) is 2.49. The number of H-pyrrole nitrogens is 1. The molecule has 4 nitrogen and oxygen atoms in total. The summed E-state index contributed by atoms with van der Waals surface area (Å²) < 4.78 is 5.30. The van der Waals surface area contributed by atoms with Crippen LogP contribution >= 0.6 is 0 Å². The fourth-order valence-electron chi connectivity index (χ4n) is 2.49. The van der Waals surface area contributed by atoms with Gasteiger partial charge in [0.2, 0.25) is 0 Å². The summed E-state index contributed by atoms with van der Waals surface area (Å²) in [7, 11) is 0. The van der Waals surface area contributed by atoms with E-state index in [1.54, 1.807) is 0 Å². The molecule has 3 rings (SSSR count). The maximum atomic E-state index is 12.1. The van der Waals surface area contributed by atoms with Gasteiger partial charge in [-0.15, -0.1) is 0 Å². The van der Waals surface area contributed by atoms with E-state index in [1.165, 1.54) is 11.1 Å². The minimum Gasteiger partial charge on any atom is -0.376 e. The van der Waals surface area contributed by atoms with Crippen molar-refractivity contribution < 1.29 is 4.74 Å². The lowest BCUT2D eigenvalue weighted by Gasteiger charge is -2.15. The van der Waals surface area contributed by atoms with Gasteiger partial charge in [-0.1, -0.05) is 17.2 Å². The van der Waals surface area contributed by atoms with Crippen LogP contribution in [0.2, 0.25) is 0 Å². The predicted molar refractivity (Wildman–Crippen MR) is 73.1 cm³/mol. The molecule has 0 atom stereocenters. The molecule has 0 bridgehead atoms. The number of nitrogens with one attached hydrogen (secondary N) is 1.